The fourth-order valence-electron chi connectivity index (χ4n) is 5.83. The zero-order valence-electron chi connectivity index (χ0n) is 28.2. The van der Waals surface area contributed by atoms with E-state index in [1.807, 2.05) is 80.0 Å². The maximum Gasteiger partial charge on any atom is 0 e. The van der Waals surface area contributed by atoms with Crippen LogP contribution in [0.15, 0.2) is 122 Å². The second-order valence-corrected chi connectivity index (χ2v) is 24.6. The number of benzene rings is 5. The second kappa shape index (κ2) is 13.8. The summed E-state index contributed by atoms with van der Waals surface area (Å²) in [7, 11) is 0. The Kier molecular flexibility index (Phi) is 9.38. The molecule has 3 heterocycles. The van der Waals surface area contributed by atoms with Gasteiger partial charge in [0.15, 0.2) is 0 Å². The Bertz CT molecular complexity index is 2370. The Labute approximate surface area is 299 Å². The SMILES string of the molecule is [2H]C(C)(C)c1ccnc(-c2[c-]ccc3c2sc2c4cc5ccccc5cc4ccc32)c1.[CH3][Ge]([CH3])([CH3])[c]1ccc(-c2[c-]cccc2)nc1.[Ir]. The normalized spacial score (nSPS) is 12.1. The summed E-state index contributed by atoms with van der Waals surface area (Å²) in [4.78, 5) is 9.17. The molecule has 0 amide bonds. The topological polar surface area (TPSA) is 25.8 Å². The van der Waals surface area contributed by atoms with Gasteiger partial charge >= 0.3 is 99.8 Å². The molecule has 235 valence electrons. The van der Waals surface area contributed by atoms with Crippen LogP contribution in [0.1, 0.15) is 26.7 Å². The summed E-state index contributed by atoms with van der Waals surface area (Å²) in [5.74, 6) is 6.48. The van der Waals surface area contributed by atoms with Crippen molar-refractivity contribution in [1.82, 2.24) is 9.97 Å². The molecule has 0 saturated heterocycles. The van der Waals surface area contributed by atoms with E-state index in [1.165, 1.54) is 46.1 Å². The van der Waals surface area contributed by atoms with Gasteiger partial charge in [-0.3, -0.25) is 0 Å². The number of hydrogen-bond acceptors (Lipinski definition) is 3. The minimum atomic E-state index is -1.72. The summed E-state index contributed by atoms with van der Waals surface area (Å²) in [6, 6.07) is 44.6. The van der Waals surface area contributed by atoms with E-state index >= 15 is 0 Å². The van der Waals surface area contributed by atoms with Gasteiger partial charge in [0, 0.05) is 32.4 Å². The van der Waals surface area contributed by atoms with Crippen molar-refractivity contribution in [2.75, 3.05) is 0 Å². The fraction of sp³-hybridized carbons (Fsp3) is 0.143. The van der Waals surface area contributed by atoms with Crippen molar-refractivity contribution >= 4 is 70.7 Å². The zero-order valence-corrected chi connectivity index (χ0v) is 32.5. The molecule has 3 aromatic heterocycles. The average molecular weight is 867 g/mol. The number of fused-ring (bicyclic) bond motifs is 6. The molecule has 0 spiro atoms. The van der Waals surface area contributed by atoms with Crippen LogP contribution in [0.5, 0.6) is 0 Å². The third-order valence-corrected chi connectivity index (χ3v) is 14.0. The number of rotatable bonds is 4. The van der Waals surface area contributed by atoms with Crippen LogP contribution in [0.4, 0.5) is 0 Å². The number of thiophene rings is 1. The number of hydrogen-bond donors (Lipinski definition) is 0. The Morgan fingerprint density at radius 3 is 2.15 bits per heavy atom. The molecule has 0 atom stereocenters. The summed E-state index contributed by atoms with van der Waals surface area (Å²) < 4.78 is 12.3. The second-order valence-electron chi connectivity index (χ2n) is 12.9. The Morgan fingerprint density at radius 1 is 0.681 bits per heavy atom. The van der Waals surface area contributed by atoms with Gasteiger partial charge in [0.1, 0.15) is 0 Å². The number of pyridine rings is 2. The van der Waals surface area contributed by atoms with Crippen molar-refractivity contribution < 1.29 is 21.5 Å². The standard InChI is InChI=1S/C28H20NS.C14H16GeN.Ir/c1-17(2)18-12-13-29-26(16-18)24-9-5-8-22-23-11-10-21-14-19-6-3-4-7-20(19)15-25(21)28(23)30-27(22)24;1-15(2,3)13-9-10-14(16-11-13)12-7-5-4-6-8-12;/h3-8,10-17H,1-2H3;4-7,9-11H,1-3H3;/q2*-1;/i17D;;. The van der Waals surface area contributed by atoms with Gasteiger partial charge in [0.25, 0.3) is 0 Å². The zero-order chi connectivity index (χ0) is 32.8. The minimum absolute atomic E-state index is 0. The number of aromatic nitrogens is 2. The van der Waals surface area contributed by atoms with Crippen LogP contribution in [0.3, 0.4) is 0 Å². The first-order valence-electron chi connectivity index (χ1n) is 16.2. The molecule has 0 bridgehead atoms. The molecule has 0 aliphatic heterocycles. The molecule has 8 aromatic rings. The quantitative estimate of drug-likeness (QED) is 0.100. The van der Waals surface area contributed by atoms with Gasteiger partial charge in [-0.1, -0.05) is 67.3 Å². The van der Waals surface area contributed by atoms with Crippen LogP contribution in [0, 0.1) is 12.1 Å². The summed E-state index contributed by atoms with van der Waals surface area (Å²) in [6.07, 6.45) is 3.85. The third-order valence-electron chi connectivity index (χ3n) is 8.49. The van der Waals surface area contributed by atoms with Gasteiger partial charge in [-0.15, -0.1) is 23.8 Å². The van der Waals surface area contributed by atoms with Crippen LogP contribution >= 0.6 is 11.3 Å². The summed E-state index contributed by atoms with van der Waals surface area (Å²) in [5, 5.41) is 7.59. The number of nitrogens with zero attached hydrogens (tertiary/aromatic N) is 2. The molecule has 47 heavy (non-hydrogen) atoms. The molecule has 0 saturated carbocycles. The van der Waals surface area contributed by atoms with Crippen molar-refractivity contribution in [2.24, 2.45) is 0 Å². The fourth-order valence-corrected chi connectivity index (χ4v) is 9.34. The van der Waals surface area contributed by atoms with Crippen LogP contribution in [0.25, 0.3) is 64.2 Å². The van der Waals surface area contributed by atoms with Gasteiger partial charge in [-0.2, -0.15) is 11.3 Å². The summed E-state index contributed by atoms with van der Waals surface area (Å²) in [6.45, 7) is 3.82. The maximum absolute atomic E-state index is 8.40. The van der Waals surface area contributed by atoms with E-state index in [0.29, 0.717) is 0 Å². The van der Waals surface area contributed by atoms with Gasteiger partial charge in [0.05, 0.1) is 0 Å². The monoisotopic (exact) mass is 868 g/mol. The smallest absolute Gasteiger partial charge is 0 e. The van der Waals surface area contributed by atoms with Gasteiger partial charge in [0.2, 0.25) is 0 Å². The van der Waals surface area contributed by atoms with Gasteiger partial charge in [-0.05, 0) is 61.4 Å². The first kappa shape index (κ1) is 31.9. The van der Waals surface area contributed by atoms with E-state index < -0.39 is 19.2 Å². The predicted molar refractivity (Wildman–Crippen MR) is 202 cm³/mol. The van der Waals surface area contributed by atoms with Crippen LogP contribution in [-0.4, -0.2) is 23.2 Å². The van der Waals surface area contributed by atoms with Crippen molar-refractivity contribution in [3.63, 3.8) is 0 Å². The molecule has 8 rings (SSSR count). The third kappa shape index (κ3) is 6.84. The Morgan fingerprint density at radius 2 is 1.45 bits per heavy atom. The van der Waals surface area contributed by atoms with Gasteiger partial charge in [-0.25, -0.2) is 0 Å². The van der Waals surface area contributed by atoms with E-state index in [1.54, 1.807) is 0 Å². The molecule has 1 radical (unpaired) electrons. The molecule has 5 heteroatoms. The average Bonchev–Trinajstić information content (AvgIpc) is 3.47. The van der Waals surface area contributed by atoms with E-state index in [0.717, 1.165) is 28.1 Å². The molecule has 0 unspecified atom stereocenters. The van der Waals surface area contributed by atoms with Crippen molar-refractivity contribution in [2.45, 2.75) is 37.0 Å². The van der Waals surface area contributed by atoms with E-state index in [-0.39, 0.29) is 20.1 Å². The summed E-state index contributed by atoms with van der Waals surface area (Å²) in [5.41, 5.74) is 4.93. The molecule has 0 N–H and O–H groups in total. The Balaban J connectivity index is 0.000000201. The van der Waals surface area contributed by atoms with E-state index in [2.05, 4.69) is 106 Å². The molecular formula is C42H36GeIrN2S-2. The van der Waals surface area contributed by atoms with Crippen molar-refractivity contribution in [3.8, 4) is 22.5 Å². The van der Waals surface area contributed by atoms with Crippen LogP contribution < -0.4 is 4.40 Å². The van der Waals surface area contributed by atoms with E-state index in [4.69, 9.17) is 1.37 Å². The molecule has 0 aliphatic rings. The molecule has 0 fully saturated rings. The molecular weight excluding hydrogens is 829 g/mol. The predicted octanol–water partition coefficient (Wildman–Crippen LogP) is 11.4. The van der Waals surface area contributed by atoms with E-state index in [9.17, 15) is 0 Å². The van der Waals surface area contributed by atoms with Gasteiger partial charge < -0.3 is 4.98 Å². The summed E-state index contributed by atoms with van der Waals surface area (Å²) >= 11 is 0.101. The maximum atomic E-state index is 8.40. The van der Waals surface area contributed by atoms with Crippen LogP contribution in [0.2, 0.25) is 17.3 Å². The Hall–Kier alpha value is -3.67. The van der Waals surface area contributed by atoms with Crippen molar-refractivity contribution in [3.05, 3.63) is 139 Å². The first-order valence-corrected chi connectivity index (χ1v) is 23.8. The minimum Gasteiger partial charge on any atom is 0 e. The molecule has 0 aliphatic carbocycles. The molecule has 5 aromatic carbocycles. The van der Waals surface area contributed by atoms with Crippen LogP contribution in [-0.2, 0) is 20.1 Å². The first-order chi connectivity index (χ1) is 22.6. The molecule has 2 nitrogen and oxygen atoms in total. The van der Waals surface area contributed by atoms with Crippen molar-refractivity contribution in [1.29, 1.82) is 0 Å². The largest absolute Gasteiger partial charge is 0 e.